The molecule has 1 unspecified atom stereocenters. The van der Waals surface area contributed by atoms with Gasteiger partial charge in [0.05, 0.1) is 16.7 Å². The third-order valence-corrected chi connectivity index (χ3v) is 3.54. The zero-order valence-corrected chi connectivity index (χ0v) is 11.7. The van der Waals surface area contributed by atoms with Gasteiger partial charge in [-0.05, 0) is 24.6 Å². The second-order valence-corrected chi connectivity index (χ2v) is 4.93. The molecule has 1 heterocycles. The molecule has 2 amide bonds. The topological polar surface area (TPSA) is 78.9 Å². The highest BCUT2D eigenvalue weighted by molar-refractivity contribution is 6.33. The van der Waals surface area contributed by atoms with E-state index >= 15 is 0 Å². The summed E-state index contributed by atoms with van der Waals surface area (Å²) in [4.78, 5) is 24.6. The van der Waals surface area contributed by atoms with Gasteiger partial charge in [0, 0.05) is 25.9 Å². The van der Waals surface area contributed by atoms with Crippen molar-refractivity contribution in [3.8, 4) is 0 Å². The third-order valence-electron chi connectivity index (χ3n) is 3.21. The van der Waals surface area contributed by atoms with E-state index in [0.717, 1.165) is 6.42 Å². The van der Waals surface area contributed by atoms with Crippen LogP contribution in [0.25, 0.3) is 0 Å². The lowest BCUT2D eigenvalue weighted by Crippen LogP contribution is -2.33. The van der Waals surface area contributed by atoms with E-state index in [1.807, 2.05) is 0 Å². The number of nitrogens with one attached hydrogen (secondary N) is 1. The highest BCUT2D eigenvalue weighted by Crippen LogP contribution is 2.21. The van der Waals surface area contributed by atoms with E-state index < -0.39 is 5.97 Å². The van der Waals surface area contributed by atoms with Gasteiger partial charge in [-0.1, -0.05) is 11.6 Å². The number of methoxy groups -OCH3 is 1. The minimum absolute atomic E-state index is 0.0411. The number of aromatic carboxylic acids is 1. The van der Waals surface area contributed by atoms with Crippen LogP contribution < -0.4 is 5.32 Å². The standard InChI is InChI=1S/C13H15ClN2O4/c1-20-9-4-5-16(7-9)13(19)15-8-2-3-11(14)10(6-8)12(17)18/h2-3,6,9H,4-5,7H2,1H3,(H,15,19)(H,17,18). The van der Waals surface area contributed by atoms with Gasteiger partial charge in [-0.25, -0.2) is 9.59 Å². The van der Waals surface area contributed by atoms with Crippen molar-refractivity contribution in [2.75, 3.05) is 25.5 Å². The van der Waals surface area contributed by atoms with Crippen LogP contribution in [0.4, 0.5) is 10.5 Å². The van der Waals surface area contributed by atoms with Gasteiger partial charge in [0.2, 0.25) is 0 Å². The van der Waals surface area contributed by atoms with Crippen LogP contribution in [0.3, 0.4) is 0 Å². The van der Waals surface area contributed by atoms with Crippen LogP contribution in [0.2, 0.25) is 5.02 Å². The van der Waals surface area contributed by atoms with Crippen LogP contribution in [0.1, 0.15) is 16.8 Å². The molecule has 0 saturated carbocycles. The molecule has 2 rings (SSSR count). The number of amides is 2. The average molecular weight is 299 g/mol. The first-order valence-electron chi connectivity index (χ1n) is 6.13. The summed E-state index contributed by atoms with van der Waals surface area (Å²) >= 11 is 5.77. The first-order chi connectivity index (χ1) is 9.51. The summed E-state index contributed by atoms with van der Waals surface area (Å²) in [7, 11) is 1.62. The van der Waals surface area contributed by atoms with Crippen molar-refractivity contribution >= 4 is 29.3 Å². The second kappa shape index (κ2) is 6.11. The minimum atomic E-state index is -1.13. The van der Waals surface area contributed by atoms with Crippen LogP contribution in [-0.4, -0.2) is 48.3 Å². The Balaban J connectivity index is 2.05. The molecule has 1 fully saturated rings. The number of ether oxygens (including phenoxy) is 1. The van der Waals surface area contributed by atoms with Crippen LogP contribution in [0.15, 0.2) is 18.2 Å². The quantitative estimate of drug-likeness (QED) is 0.897. The van der Waals surface area contributed by atoms with Gasteiger partial charge >= 0.3 is 12.0 Å². The number of likely N-dealkylation sites (tertiary alicyclic amines) is 1. The Bertz CT molecular complexity index is 535. The number of benzene rings is 1. The average Bonchev–Trinajstić information content (AvgIpc) is 2.89. The minimum Gasteiger partial charge on any atom is -0.478 e. The monoisotopic (exact) mass is 298 g/mol. The number of carbonyl (C=O) groups excluding carboxylic acids is 1. The lowest BCUT2D eigenvalue weighted by Gasteiger charge is -2.17. The zero-order valence-electron chi connectivity index (χ0n) is 10.9. The normalized spacial score (nSPS) is 18.1. The summed E-state index contributed by atoms with van der Waals surface area (Å²) in [6.07, 6.45) is 0.853. The molecule has 0 aromatic heterocycles. The van der Waals surface area contributed by atoms with Crippen LogP contribution in [0, 0.1) is 0 Å². The smallest absolute Gasteiger partial charge is 0.337 e. The summed E-state index contributed by atoms with van der Waals surface area (Å²) in [6, 6.07) is 4.08. The molecule has 1 aliphatic heterocycles. The van der Waals surface area contributed by atoms with Crippen LogP contribution >= 0.6 is 11.6 Å². The van der Waals surface area contributed by atoms with Crippen molar-refractivity contribution in [2.24, 2.45) is 0 Å². The molecule has 7 heteroatoms. The predicted molar refractivity (Wildman–Crippen MR) is 74.4 cm³/mol. The zero-order chi connectivity index (χ0) is 14.7. The largest absolute Gasteiger partial charge is 0.478 e. The summed E-state index contributed by atoms with van der Waals surface area (Å²) in [5.41, 5.74) is 0.360. The lowest BCUT2D eigenvalue weighted by molar-refractivity contribution is 0.0697. The molecule has 1 atom stereocenters. The SMILES string of the molecule is COC1CCN(C(=O)Nc2ccc(Cl)c(C(=O)O)c2)C1. The Labute approximate surface area is 121 Å². The molecule has 108 valence electrons. The number of carboxylic acids is 1. The van der Waals surface area contributed by atoms with Crippen LogP contribution in [0.5, 0.6) is 0 Å². The van der Waals surface area contributed by atoms with E-state index in [0.29, 0.717) is 18.8 Å². The first-order valence-corrected chi connectivity index (χ1v) is 6.50. The van der Waals surface area contributed by atoms with Gasteiger partial charge < -0.3 is 20.1 Å². The van der Waals surface area contributed by atoms with E-state index in [4.69, 9.17) is 21.4 Å². The van der Waals surface area contributed by atoms with Crippen molar-refractivity contribution in [1.82, 2.24) is 4.90 Å². The second-order valence-electron chi connectivity index (χ2n) is 4.52. The molecule has 2 N–H and O–H groups in total. The predicted octanol–water partition coefficient (Wildman–Crippen LogP) is 2.29. The van der Waals surface area contributed by atoms with Crippen molar-refractivity contribution in [3.63, 3.8) is 0 Å². The van der Waals surface area contributed by atoms with Gasteiger partial charge in [0.1, 0.15) is 0 Å². The number of carboxylic acid groups (broad SMARTS) is 1. The van der Waals surface area contributed by atoms with E-state index in [9.17, 15) is 9.59 Å². The molecular weight excluding hydrogens is 284 g/mol. The van der Waals surface area contributed by atoms with Crippen molar-refractivity contribution in [3.05, 3.63) is 28.8 Å². The molecule has 1 aromatic rings. The highest BCUT2D eigenvalue weighted by Gasteiger charge is 2.26. The van der Waals surface area contributed by atoms with E-state index in [-0.39, 0.29) is 22.7 Å². The number of hydrogen-bond acceptors (Lipinski definition) is 3. The maximum absolute atomic E-state index is 12.0. The van der Waals surface area contributed by atoms with Gasteiger partial charge in [0.15, 0.2) is 0 Å². The van der Waals surface area contributed by atoms with Gasteiger partial charge in [0.25, 0.3) is 0 Å². The van der Waals surface area contributed by atoms with Crippen LogP contribution in [-0.2, 0) is 4.74 Å². The molecule has 0 radical (unpaired) electrons. The molecule has 20 heavy (non-hydrogen) atoms. The maximum Gasteiger partial charge on any atom is 0.337 e. The third kappa shape index (κ3) is 3.20. The Kier molecular flexibility index (Phi) is 4.46. The molecule has 0 aliphatic carbocycles. The van der Waals surface area contributed by atoms with Crippen molar-refractivity contribution < 1.29 is 19.4 Å². The highest BCUT2D eigenvalue weighted by atomic mass is 35.5. The molecule has 0 spiro atoms. The molecular formula is C13H15ClN2O4. The Morgan fingerprint density at radius 2 is 2.25 bits per heavy atom. The number of hydrogen-bond donors (Lipinski definition) is 2. The van der Waals surface area contributed by atoms with E-state index in [2.05, 4.69) is 5.32 Å². The number of anilines is 1. The lowest BCUT2D eigenvalue weighted by atomic mass is 10.2. The number of urea groups is 1. The maximum atomic E-state index is 12.0. The molecule has 1 aromatic carbocycles. The fourth-order valence-corrected chi connectivity index (χ4v) is 2.27. The van der Waals surface area contributed by atoms with E-state index in [1.165, 1.54) is 12.1 Å². The number of halogens is 1. The Morgan fingerprint density at radius 3 is 2.85 bits per heavy atom. The number of nitrogens with zero attached hydrogens (tertiary/aromatic N) is 1. The Morgan fingerprint density at radius 1 is 1.50 bits per heavy atom. The van der Waals surface area contributed by atoms with Crippen molar-refractivity contribution in [2.45, 2.75) is 12.5 Å². The van der Waals surface area contributed by atoms with E-state index in [1.54, 1.807) is 18.1 Å². The number of carbonyl (C=O) groups is 2. The van der Waals surface area contributed by atoms with Gasteiger partial charge in [-0.15, -0.1) is 0 Å². The number of rotatable bonds is 3. The van der Waals surface area contributed by atoms with Gasteiger partial charge in [-0.3, -0.25) is 0 Å². The molecule has 1 aliphatic rings. The van der Waals surface area contributed by atoms with Crippen molar-refractivity contribution in [1.29, 1.82) is 0 Å². The summed E-state index contributed by atoms with van der Waals surface area (Å²) in [6.45, 7) is 1.14. The molecule has 6 nitrogen and oxygen atoms in total. The first kappa shape index (κ1) is 14.6. The summed E-state index contributed by atoms with van der Waals surface area (Å²) in [5, 5.41) is 11.8. The molecule has 0 bridgehead atoms. The fourth-order valence-electron chi connectivity index (χ4n) is 2.07. The molecule has 1 saturated heterocycles. The fraction of sp³-hybridized carbons (Fsp3) is 0.385. The van der Waals surface area contributed by atoms with Gasteiger partial charge in [-0.2, -0.15) is 0 Å². The summed E-state index contributed by atoms with van der Waals surface area (Å²) in [5.74, 6) is -1.13. The summed E-state index contributed by atoms with van der Waals surface area (Å²) < 4.78 is 5.19. The Hall–Kier alpha value is -1.79.